The molecule has 4 nitrogen and oxygen atoms in total. The number of nitrogens with zero attached hydrogens (tertiary/aromatic N) is 2. The molecule has 2 aliphatic rings. The Balaban J connectivity index is 1.65. The van der Waals surface area contributed by atoms with Crippen LogP contribution in [0.25, 0.3) is 0 Å². The van der Waals surface area contributed by atoms with Crippen molar-refractivity contribution in [3.05, 3.63) is 116 Å². The maximum Gasteiger partial charge on any atom is 0.161 e. The van der Waals surface area contributed by atoms with Gasteiger partial charge in [0.2, 0.25) is 0 Å². The number of hydrogen-bond acceptors (Lipinski definition) is 5. The van der Waals surface area contributed by atoms with Crippen molar-refractivity contribution in [3.8, 4) is 6.07 Å². The standard InChI is InChI=1S/C32H29ClFN3OS/c1-18-13-21(17-39-29-10-5-4-7-19(29)2)20(3)23(14-18)30-24(16-35)32(36)37(22-11-12-26(34)25(33)15-22)27-8-6-9-28(38)31(27)30/h4-5,7,10-15,30H,6,8-9,17,36H2,1-3H3. The third-order valence-corrected chi connectivity index (χ3v) is 9.08. The smallest absolute Gasteiger partial charge is 0.161 e. The van der Waals surface area contributed by atoms with E-state index in [2.05, 4.69) is 44.2 Å². The van der Waals surface area contributed by atoms with Gasteiger partial charge in [0.15, 0.2) is 5.78 Å². The second kappa shape index (κ2) is 10.9. The van der Waals surface area contributed by atoms with Gasteiger partial charge in [-0.3, -0.25) is 9.69 Å². The zero-order chi connectivity index (χ0) is 27.8. The number of nitriles is 1. The first-order valence-corrected chi connectivity index (χ1v) is 14.3. The number of carbonyl (C=O) groups is 1. The third-order valence-electron chi connectivity index (χ3n) is 7.56. The molecule has 1 heterocycles. The van der Waals surface area contributed by atoms with Crippen LogP contribution >= 0.6 is 23.4 Å². The molecule has 3 aromatic rings. The number of thioether (sulfide) groups is 1. The van der Waals surface area contributed by atoms with E-state index < -0.39 is 11.7 Å². The van der Waals surface area contributed by atoms with Crippen LogP contribution < -0.4 is 10.6 Å². The summed E-state index contributed by atoms with van der Waals surface area (Å²) < 4.78 is 14.0. The number of rotatable bonds is 5. The van der Waals surface area contributed by atoms with Gasteiger partial charge in [0, 0.05) is 34.0 Å². The van der Waals surface area contributed by atoms with E-state index in [1.807, 2.05) is 19.1 Å². The average molecular weight is 558 g/mol. The number of halogens is 2. The zero-order valence-electron chi connectivity index (χ0n) is 22.1. The summed E-state index contributed by atoms with van der Waals surface area (Å²) in [5.41, 5.74) is 14.3. The Morgan fingerprint density at radius 3 is 2.62 bits per heavy atom. The first-order valence-electron chi connectivity index (χ1n) is 12.9. The first kappa shape index (κ1) is 27.1. The second-order valence-electron chi connectivity index (χ2n) is 10.1. The normalized spacial score (nSPS) is 17.4. The highest BCUT2D eigenvalue weighted by atomic mass is 35.5. The van der Waals surface area contributed by atoms with Crippen molar-refractivity contribution in [1.82, 2.24) is 0 Å². The Hall–Kier alpha value is -3.53. The number of benzene rings is 3. The van der Waals surface area contributed by atoms with Crippen molar-refractivity contribution in [2.75, 3.05) is 4.90 Å². The highest BCUT2D eigenvalue weighted by Crippen LogP contribution is 2.48. The number of allylic oxidation sites excluding steroid dienone is 3. The number of anilines is 1. The molecular weight excluding hydrogens is 529 g/mol. The van der Waals surface area contributed by atoms with Gasteiger partial charge in [-0.25, -0.2) is 4.39 Å². The Morgan fingerprint density at radius 1 is 1.13 bits per heavy atom. The van der Waals surface area contributed by atoms with Crippen LogP contribution in [0.15, 0.2) is 82.2 Å². The summed E-state index contributed by atoms with van der Waals surface area (Å²) in [6.07, 6.45) is 1.70. The molecule has 0 radical (unpaired) electrons. The van der Waals surface area contributed by atoms with Crippen molar-refractivity contribution < 1.29 is 9.18 Å². The summed E-state index contributed by atoms with van der Waals surface area (Å²) in [5.74, 6) is -0.0863. The first-order chi connectivity index (χ1) is 18.7. The maximum absolute atomic E-state index is 14.0. The minimum absolute atomic E-state index is 0.0106. The van der Waals surface area contributed by atoms with E-state index in [0.717, 1.165) is 33.7 Å². The molecule has 7 heteroatoms. The molecule has 1 unspecified atom stereocenters. The number of aryl methyl sites for hydroxylation is 2. The van der Waals surface area contributed by atoms with Gasteiger partial charge >= 0.3 is 0 Å². The monoisotopic (exact) mass is 557 g/mol. The zero-order valence-corrected chi connectivity index (χ0v) is 23.7. The molecule has 0 saturated heterocycles. The molecular formula is C32H29ClFN3OS. The third kappa shape index (κ3) is 4.97. The van der Waals surface area contributed by atoms with Gasteiger partial charge in [0.1, 0.15) is 11.6 Å². The lowest BCUT2D eigenvalue weighted by molar-refractivity contribution is -0.116. The highest BCUT2D eigenvalue weighted by Gasteiger charge is 2.41. The lowest BCUT2D eigenvalue weighted by Crippen LogP contribution is -2.39. The van der Waals surface area contributed by atoms with Crippen molar-refractivity contribution in [1.29, 1.82) is 5.26 Å². The summed E-state index contributed by atoms with van der Waals surface area (Å²) in [6.45, 7) is 6.21. The second-order valence-corrected chi connectivity index (χ2v) is 11.5. The molecule has 198 valence electrons. The highest BCUT2D eigenvalue weighted by molar-refractivity contribution is 7.98. The summed E-state index contributed by atoms with van der Waals surface area (Å²) in [6, 6.07) is 19.2. The quantitative estimate of drug-likeness (QED) is 0.322. The van der Waals surface area contributed by atoms with Gasteiger partial charge in [-0.1, -0.05) is 47.5 Å². The van der Waals surface area contributed by atoms with Gasteiger partial charge in [-0.05, 0) is 80.1 Å². The minimum Gasteiger partial charge on any atom is -0.384 e. The van der Waals surface area contributed by atoms with Crippen molar-refractivity contribution in [2.24, 2.45) is 5.73 Å². The molecule has 5 rings (SSSR count). The van der Waals surface area contributed by atoms with Gasteiger partial charge in [-0.15, -0.1) is 11.8 Å². The minimum atomic E-state index is -0.563. The van der Waals surface area contributed by atoms with Gasteiger partial charge in [0.25, 0.3) is 0 Å². The predicted octanol–water partition coefficient (Wildman–Crippen LogP) is 8.00. The molecule has 1 aliphatic carbocycles. The van der Waals surface area contributed by atoms with Crippen molar-refractivity contribution in [3.63, 3.8) is 0 Å². The van der Waals surface area contributed by atoms with Crippen LogP contribution in [-0.2, 0) is 10.5 Å². The number of Topliss-reactive ketones (excluding diaryl/α,β-unsaturated/α-hetero) is 1. The van der Waals surface area contributed by atoms with Crippen LogP contribution in [0.5, 0.6) is 0 Å². The van der Waals surface area contributed by atoms with Crippen LogP contribution in [0.2, 0.25) is 5.02 Å². The molecule has 0 bridgehead atoms. The summed E-state index contributed by atoms with van der Waals surface area (Å²) in [7, 11) is 0. The van der Waals surface area contributed by atoms with E-state index in [1.54, 1.807) is 22.7 Å². The van der Waals surface area contributed by atoms with Crippen molar-refractivity contribution >= 4 is 34.8 Å². The predicted molar refractivity (Wildman–Crippen MR) is 156 cm³/mol. The summed E-state index contributed by atoms with van der Waals surface area (Å²) in [5, 5.41) is 10.4. The van der Waals surface area contributed by atoms with Crippen molar-refractivity contribution in [2.45, 2.75) is 56.6 Å². The van der Waals surface area contributed by atoms with Crippen LogP contribution in [0.4, 0.5) is 10.1 Å². The summed E-state index contributed by atoms with van der Waals surface area (Å²) >= 11 is 7.89. The molecule has 0 fully saturated rings. The van der Waals surface area contributed by atoms with Crippen LogP contribution in [-0.4, -0.2) is 5.78 Å². The largest absolute Gasteiger partial charge is 0.384 e. The lowest BCUT2D eigenvalue weighted by Gasteiger charge is -2.40. The fraction of sp³-hybridized carbons (Fsp3) is 0.250. The van der Waals surface area contributed by atoms with E-state index >= 15 is 0 Å². The molecule has 0 aromatic heterocycles. The van der Waals surface area contributed by atoms with E-state index in [0.29, 0.717) is 36.1 Å². The van der Waals surface area contributed by atoms with E-state index in [1.165, 1.54) is 22.6 Å². The molecule has 1 aliphatic heterocycles. The number of ketones is 1. The number of carbonyl (C=O) groups excluding carboxylic acids is 1. The SMILES string of the molecule is Cc1cc(CSc2ccccc2C)c(C)c(C2C(C#N)=C(N)N(c3ccc(F)c(Cl)c3)C3=C2C(=O)CCC3)c1. The van der Waals surface area contributed by atoms with Crippen LogP contribution in [0.3, 0.4) is 0 Å². The Labute approximate surface area is 238 Å². The fourth-order valence-electron chi connectivity index (χ4n) is 5.60. The van der Waals surface area contributed by atoms with Crippen LogP contribution in [0, 0.1) is 37.9 Å². The maximum atomic E-state index is 14.0. The fourth-order valence-corrected chi connectivity index (χ4v) is 6.86. The molecule has 0 amide bonds. The molecule has 1 atom stereocenters. The Kier molecular flexibility index (Phi) is 7.57. The lowest BCUT2D eigenvalue weighted by atomic mass is 9.73. The molecule has 0 saturated carbocycles. The number of hydrogen-bond donors (Lipinski definition) is 1. The van der Waals surface area contributed by atoms with E-state index in [-0.39, 0.29) is 16.6 Å². The van der Waals surface area contributed by atoms with Gasteiger partial charge < -0.3 is 5.73 Å². The Morgan fingerprint density at radius 2 is 1.90 bits per heavy atom. The van der Waals surface area contributed by atoms with Gasteiger partial charge in [-0.2, -0.15) is 5.26 Å². The Bertz CT molecular complexity index is 1600. The molecule has 3 aromatic carbocycles. The average Bonchev–Trinajstić information content (AvgIpc) is 2.91. The van der Waals surface area contributed by atoms with E-state index in [9.17, 15) is 14.4 Å². The molecule has 39 heavy (non-hydrogen) atoms. The topological polar surface area (TPSA) is 70.1 Å². The molecule has 0 spiro atoms. The summed E-state index contributed by atoms with van der Waals surface area (Å²) in [4.78, 5) is 16.5. The number of nitrogens with two attached hydrogens (primary N) is 1. The van der Waals surface area contributed by atoms with Crippen LogP contribution in [0.1, 0.15) is 53.0 Å². The van der Waals surface area contributed by atoms with Gasteiger partial charge in [0.05, 0.1) is 22.6 Å². The van der Waals surface area contributed by atoms with E-state index in [4.69, 9.17) is 17.3 Å². The molecule has 2 N–H and O–H groups in total.